The molecule has 0 saturated carbocycles. The van der Waals surface area contributed by atoms with Crippen molar-refractivity contribution in [2.24, 2.45) is 0 Å². The van der Waals surface area contributed by atoms with Crippen LogP contribution in [-0.2, 0) is 11.5 Å². The van der Waals surface area contributed by atoms with Crippen LogP contribution in [0.4, 0.5) is 16.2 Å². The van der Waals surface area contributed by atoms with Gasteiger partial charge in [-0.25, -0.2) is 9.78 Å². The third-order valence-corrected chi connectivity index (χ3v) is 7.51. The Balaban J connectivity index is 1.70. The van der Waals surface area contributed by atoms with Gasteiger partial charge in [-0.05, 0) is 46.9 Å². The molecular weight excluding hydrogens is 506 g/mol. The molecule has 180 valence electrons. The minimum Gasteiger partial charge on any atom is -0.465 e. The number of amides is 2. The van der Waals surface area contributed by atoms with Crippen molar-refractivity contribution in [3.05, 3.63) is 40.9 Å². The monoisotopic (exact) mass is 537 g/mol. The van der Waals surface area contributed by atoms with E-state index in [1.54, 1.807) is 10.8 Å². The van der Waals surface area contributed by atoms with E-state index < -0.39 is 14.2 Å². The topological polar surface area (TPSA) is 109 Å². The molecule has 2 amide bonds. The van der Waals surface area contributed by atoms with Crippen LogP contribution < -0.4 is 15.5 Å². The van der Waals surface area contributed by atoms with Gasteiger partial charge in [0.2, 0.25) is 5.82 Å². The van der Waals surface area contributed by atoms with E-state index in [2.05, 4.69) is 56.1 Å². The molecule has 9 nitrogen and oxygen atoms in total. The molecule has 3 rings (SSSR count). The molecule has 11 heteroatoms. The Morgan fingerprint density at radius 3 is 2.79 bits per heavy atom. The highest BCUT2D eigenvalue weighted by atomic mass is 79.9. The summed E-state index contributed by atoms with van der Waals surface area (Å²) in [4.78, 5) is 30.6. The average molecular weight is 539 g/mol. The molecule has 1 atom stereocenters. The number of hydrogen-bond acceptors (Lipinski definition) is 5. The fraction of sp³-hybridized carbons (Fsp3) is 0.500. The fourth-order valence-electron chi connectivity index (χ4n) is 3.73. The number of rotatable bonds is 9. The highest BCUT2D eigenvalue weighted by Gasteiger charge is 2.24. The Bertz CT molecular complexity index is 978. The number of nitrogens with zero attached hydrogens (tertiary/aromatic N) is 3. The molecule has 0 aliphatic carbocycles. The molecule has 1 aliphatic heterocycles. The minimum absolute atomic E-state index is 0.150. The number of carbonyl (C=O) groups excluding carboxylic acids is 1. The molecule has 0 bridgehead atoms. The average Bonchev–Trinajstić information content (AvgIpc) is 3.11. The van der Waals surface area contributed by atoms with Gasteiger partial charge in [-0.1, -0.05) is 31.8 Å². The van der Waals surface area contributed by atoms with E-state index in [4.69, 9.17) is 9.84 Å². The summed E-state index contributed by atoms with van der Waals surface area (Å²) in [6.45, 7) is 9.12. The second-order valence-corrected chi connectivity index (χ2v) is 15.8. The molecule has 2 aromatic rings. The molecule has 1 aromatic heterocycles. The lowest BCUT2D eigenvalue weighted by atomic mass is 10.0. The molecule has 1 aliphatic rings. The standard InChI is InChI=1S/C22H32BrN5O4Si/c1-33(2,3)12-11-32-15-28-14-19(23)26-20(28)21(29)25-17-8-4-5-9-18(17)27-10-6-7-16(13-27)24-22(30)31/h4-5,8-9,14,16,24H,6-7,10-13,15H2,1-3H3,(H,25,29)(H,30,31). The minimum atomic E-state index is -1.19. The van der Waals surface area contributed by atoms with Gasteiger partial charge in [0.05, 0.1) is 11.4 Å². The van der Waals surface area contributed by atoms with Crippen LogP contribution in [0.25, 0.3) is 0 Å². The Kier molecular flexibility index (Phi) is 8.55. The third kappa shape index (κ3) is 7.58. The summed E-state index contributed by atoms with van der Waals surface area (Å²) in [5.41, 5.74) is 1.51. The van der Waals surface area contributed by atoms with Gasteiger partial charge in [0.15, 0.2) is 0 Å². The molecule has 0 radical (unpaired) electrons. The molecule has 1 aromatic carbocycles. The lowest BCUT2D eigenvalue weighted by molar-refractivity contribution is 0.0808. The summed E-state index contributed by atoms with van der Waals surface area (Å²) in [5.74, 6) is -0.0760. The number of halogens is 1. The lowest BCUT2D eigenvalue weighted by Crippen LogP contribution is -2.47. The van der Waals surface area contributed by atoms with Crippen molar-refractivity contribution >= 4 is 47.4 Å². The molecule has 3 N–H and O–H groups in total. The zero-order valence-corrected chi connectivity index (χ0v) is 21.9. The zero-order chi connectivity index (χ0) is 24.0. The number of para-hydroxylation sites is 2. The quantitative estimate of drug-likeness (QED) is 0.322. The van der Waals surface area contributed by atoms with Crippen molar-refractivity contribution < 1.29 is 19.4 Å². The number of piperidine rings is 1. The summed E-state index contributed by atoms with van der Waals surface area (Å²) in [7, 11) is -1.19. The van der Waals surface area contributed by atoms with Gasteiger partial charge in [0.1, 0.15) is 11.3 Å². The van der Waals surface area contributed by atoms with E-state index in [1.165, 1.54) is 0 Å². The first-order valence-electron chi connectivity index (χ1n) is 11.1. The van der Waals surface area contributed by atoms with Crippen LogP contribution in [-0.4, -0.2) is 60.5 Å². The first kappa shape index (κ1) is 25.3. The number of carbonyl (C=O) groups is 2. The second-order valence-electron chi connectivity index (χ2n) is 9.41. The number of aromatic nitrogens is 2. The maximum absolute atomic E-state index is 13.1. The summed E-state index contributed by atoms with van der Waals surface area (Å²) < 4.78 is 8.06. The van der Waals surface area contributed by atoms with Gasteiger partial charge < -0.3 is 29.9 Å². The van der Waals surface area contributed by atoms with Crippen LogP contribution in [0.5, 0.6) is 0 Å². The number of carboxylic acid groups (broad SMARTS) is 1. The Hall–Kier alpha value is -2.37. The first-order valence-corrected chi connectivity index (χ1v) is 15.6. The molecule has 1 saturated heterocycles. The molecular formula is C22H32BrN5O4Si. The number of hydrogen-bond donors (Lipinski definition) is 3. The summed E-state index contributed by atoms with van der Waals surface area (Å²) >= 11 is 3.36. The molecule has 33 heavy (non-hydrogen) atoms. The number of benzene rings is 1. The third-order valence-electron chi connectivity index (χ3n) is 5.42. The SMILES string of the molecule is C[Si](C)(C)CCOCn1cc(Br)nc1C(=O)Nc1ccccc1N1CCCC(NC(=O)O)C1. The van der Waals surface area contributed by atoms with Crippen molar-refractivity contribution in [3.63, 3.8) is 0 Å². The van der Waals surface area contributed by atoms with Crippen LogP contribution >= 0.6 is 15.9 Å². The van der Waals surface area contributed by atoms with Gasteiger partial charge in [-0.2, -0.15) is 0 Å². The molecule has 1 unspecified atom stereocenters. The number of ether oxygens (including phenoxy) is 1. The van der Waals surface area contributed by atoms with Crippen molar-refractivity contribution in [1.29, 1.82) is 0 Å². The number of imidazole rings is 1. The van der Waals surface area contributed by atoms with Gasteiger partial charge >= 0.3 is 6.09 Å². The van der Waals surface area contributed by atoms with Crippen LogP contribution in [0.15, 0.2) is 35.1 Å². The number of anilines is 2. The smallest absolute Gasteiger partial charge is 0.404 e. The predicted molar refractivity (Wildman–Crippen MR) is 135 cm³/mol. The van der Waals surface area contributed by atoms with Crippen LogP contribution in [0.3, 0.4) is 0 Å². The maximum Gasteiger partial charge on any atom is 0.404 e. The van der Waals surface area contributed by atoms with Gasteiger partial charge in [0, 0.05) is 40.0 Å². The van der Waals surface area contributed by atoms with Gasteiger partial charge in [-0.15, -0.1) is 0 Å². The highest BCUT2D eigenvalue weighted by molar-refractivity contribution is 9.10. The number of nitrogens with one attached hydrogen (secondary N) is 2. The highest BCUT2D eigenvalue weighted by Crippen LogP contribution is 2.29. The largest absolute Gasteiger partial charge is 0.465 e. The fourth-order valence-corrected chi connectivity index (χ4v) is 4.90. The Morgan fingerprint density at radius 1 is 1.30 bits per heavy atom. The second kappa shape index (κ2) is 11.2. The molecule has 0 spiro atoms. The van der Waals surface area contributed by atoms with Crippen molar-refractivity contribution in [2.45, 2.75) is 51.3 Å². The summed E-state index contributed by atoms with van der Waals surface area (Å²) in [6.07, 6.45) is 2.37. The van der Waals surface area contributed by atoms with E-state index in [0.717, 1.165) is 31.1 Å². The predicted octanol–water partition coefficient (Wildman–Crippen LogP) is 4.45. The van der Waals surface area contributed by atoms with Gasteiger partial charge in [-0.3, -0.25) is 4.79 Å². The molecule has 1 fully saturated rings. The van der Waals surface area contributed by atoms with Crippen molar-refractivity contribution in [1.82, 2.24) is 14.9 Å². The van der Waals surface area contributed by atoms with E-state index >= 15 is 0 Å². The van der Waals surface area contributed by atoms with Crippen molar-refractivity contribution in [3.8, 4) is 0 Å². The molecule has 2 heterocycles. The summed E-state index contributed by atoms with van der Waals surface area (Å²) in [5, 5.41) is 14.6. The zero-order valence-electron chi connectivity index (χ0n) is 19.3. The van der Waals surface area contributed by atoms with E-state index in [1.807, 2.05) is 24.3 Å². The van der Waals surface area contributed by atoms with E-state index in [9.17, 15) is 9.59 Å². The Morgan fingerprint density at radius 2 is 2.06 bits per heavy atom. The van der Waals surface area contributed by atoms with E-state index in [0.29, 0.717) is 23.4 Å². The normalized spacial score (nSPS) is 16.5. The first-order chi connectivity index (χ1) is 15.6. The Labute approximate surface area is 203 Å². The van der Waals surface area contributed by atoms with Crippen molar-refractivity contribution in [2.75, 3.05) is 29.9 Å². The maximum atomic E-state index is 13.1. The van der Waals surface area contributed by atoms with Crippen LogP contribution in [0, 0.1) is 0 Å². The van der Waals surface area contributed by atoms with Gasteiger partial charge in [0.25, 0.3) is 5.91 Å². The van der Waals surface area contributed by atoms with Crippen LogP contribution in [0.1, 0.15) is 23.5 Å². The summed E-state index contributed by atoms with van der Waals surface area (Å²) in [6, 6.07) is 8.43. The van der Waals surface area contributed by atoms with Crippen LogP contribution in [0.2, 0.25) is 25.7 Å². The van der Waals surface area contributed by atoms with E-state index in [-0.39, 0.29) is 24.5 Å². The lowest BCUT2D eigenvalue weighted by Gasteiger charge is -2.35.